The monoisotopic (exact) mass is 465 g/mol. The molecule has 2 atom stereocenters. The average molecular weight is 466 g/mol. The van der Waals surface area contributed by atoms with Crippen molar-refractivity contribution in [1.29, 1.82) is 0 Å². The van der Waals surface area contributed by atoms with Gasteiger partial charge in [-0.25, -0.2) is 17.2 Å². The topological polar surface area (TPSA) is 95.6 Å². The first-order valence-corrected chi connectivity index (χ1v) is 11.7. The molecule has 2 aromatic rings. The molecule has 7 nitrogen and oxygen atoms in total. The van der Waals surface area contributed by atoms with Gasteiger partial charge in [-0.05, 0) is 55.7 Å². The number of likely N-dealkylation sites (N-methyl/N-ethyl adjacent to an activating group) is 1. The third-order valence-electron chi connectivity index (χ3n) is 5.51. The number of halogens is 2. The van der Waals surface area contributed by atoms with Gasteiger partial charge in [0, 0.05) is 25.2 Å². The van der Waals surface area contributed by atoms with E-state index in [-0.39, 0.29) is 22.1 Å². The summed E-state index contributed by atoms with van der Waals surface area (Å²) in [6.07, 6.45) is 2.49. The molecule has 2 amide bonds. The van der Waals surface area contributed by atoms with E-state index in [9.17, 15) is 26.8 Å². The third-order valence-corrected chi connectivity index (χ3v) is 7.52. The van der Waals surface area contributed by atoms with E-state index in [1.807, 2.05) is 6.92 Å². The van der Waals surface area contributed by atoms with Crippen molar-refractivity contribution in [3.63, 3.8) is 0 Å². The van der Waals surface area contributed by atoms with Crippen molar-refractivity contribution in [1.82, 2.24) is 14.9 Å². The summed E-state index contributed by atoms with van der Waals surface area (Å²) in [5.41, 5.74) is 0.0646. The second-order valence-corrected chi connectivity index (χ2v) is 9.57. The van der Waals surface area contributed by atoms with Gasteiger partial charge >= 0.3 is 0 Å². The number of rotatable bonds is 6. The quantitative estimate of drug-likeness (QED) is 0.686. The predicted molar refractivity (Wildman–Crippen MR) is 114 cm³/mol. The van der Waals surface area contributed by atoms with Gasteiger partial charge < -0.3 is 10.6 Å². The summed E-state index contributed by atoms with van der Waals surface area (Å²) in [4.78, 5) is 25.1. The molecule has 2 unspecified atom stereocenters. The zero-order chi connectivity index (χ0) is 23.5. The smallest absolute Gasteiger partial charge is 0.252 e. The Bertz CT molecular complexity index is 1120. The number of benzene rings is 2. The zero-order valence-electron chi connectivity index (χ0n) is 17.8. The highest BCUT2D eigenvalue weighted by Gasteiger charge is 2.31. The van der Waals surface area contributed by atoms with Crippen LogP contribution in [0.2, 0.25) is 0 Å². The molecular weight excluding hydrogens is 440 g/mol. The lowest BCUT2D eigenvalue weighted by molar-refractivity contribution is -0.122. The van der Waals surface area contributed by atoms with Crippen molar-refractivity contribution < 1.29 is 26.8 Å². The summed E-state index contributed by atoms with van der Waals surface area (Å²) in [5, 5.41) is 4.83. The highest BCUT2D eigenvalue weighted by atomic mass is 32.2. The first kappa shape index (κ1) is 23.8. The molecule has 2 aromatic carbocycles. The molecular formula is C22H25F2N3O4S. The molecule has 3 rings (SSSR count). The fraction of sp³-hybridized carbons (Fsp3) is 0.364. The van der Waals surface area contributed by atoms with E-state index in [0.29, 0.717) is 6.54 Å². The van der Waals surface area contributed by atoms with Crippen LogP contribution in [0, 0.1) is 11.6 Å². The molecule has 0 spiro atoms. The molecule has 10 heteroatoms. The summed E-state index contributed by atoms with van der Waals surface area (Å²) in [7, 11) is -2.45. The Hall–Kier alpha value is -2.85. The van der Waals surface area contributed by atoms with Gasteiger partial charge in [0.25, 0.3) is 5.91 Å². The molecule has 1 heterocycles. The highest BCUT2D eigenvalue weighted by Crippen LogP contribution is 2.26. The number of piperidine rings is 1. The maximum Gasteiger partial charge on any atom is 0.252 e. The maximum atomic E-state index is 13.7. The van der Waals surface area contributed by atoms with Crippen LogP contribution in [0.3, 0.4) is 0 Å². The van der Waals surface area contributed by atoms with Crippen LogP contribution < -0.4 is 10.6 Å². The van der Waals surface area contributed by atoms with E-state index in [0.717, 1.165) is 31.4 Å². The molecule has 1 saturated heterocycles. The lowest BCUT2D eigenvalue weighted by Gasteiger charge is -2.32. The van der Waals surface area contributed by atoms with Gasteiger partial charge in [0.1, 0.15) is 6.04 Å². The molecule has 2 N–H and O–H groups in total. The van der Waals surface area contributed by atoms with Crippen LogP contribution in [0.5, 0.6) is 0 Å². The van der Waals surface area contributed by atoms with E-state index >= 15 is 0 Å². The maximum absolute atomic E-state index is 13.7. The molecule has 0 aromatic heterocycles. The van der Waals surface area contributed by atoms with Crippen molar-refractivity contribution in [2.24, 2.45) is 0 Å². The molecule has 0 aliphatic carbocycles. The lowest BCUT2D eigenvalue weighted by atomic mass is 10.0. The van der Waals surface area contributed by atoms with Gasteiger partial charge in [-0.15, -0.1) is 0 Å². The number of carbonyl (C=O) groups excluding carboxylic acids is 2. The highest BCUT2D eigenvalue weighted by molar-refractivity contribution is 7.89. The van der Waals surface area contributed by atoms with Crippen LogP contribution in [0.15, 0.2) is 47.4 Å². The lowest BCUT2D eigenvalue weighted by Crippen LogP contribution is -2.42. The number of nitrogens with one attached hydrogen (secondary N) is 2. The van der Waals surface area contributed by atoms with E-state index < -0.39 is 39.5 Å². The first-order valence-electron chi connectivity index (χ1n) is 10.2. The molecule has 1 aliphatic heterocycles. The van der Waals surface area contributed by atoms with Gasteiger partial charge in [-0.2, -0.15) is 4.31 Å². The van der Waals surface area contributed by atoms with Gasteiger partial charge in [-0.3, -0.25) is 9.59 Å². The van der Waals surface area contributed by atoms with E-state index in [4.69, 9.17) is 0 Å². The zero-order valence-corrected chi connectivity index (χ0v) is 18.6. The largest absolute Gasteiger partial charge is 0.357 e. The van der Waals surface area contributed by atoms with E-state index in [1.54, 1.807) is 0 Å². The fourth-order valence-corrected chi connectivity index (χ4v) is 5.46. The number of carbonyl (C=O) groups is 2. The minimum atomic E-state index is -3.80. The van der Waals surface area contributed by atoms with E-state index in [2.05, 4.69) is 10.6 Å². The summed E-state index contributed by atoms with van der Waals surface area (Å²) >= 11 is 0. The Kier molecular flexibility index (Phi) is 7.25. The van der Waals surface area contributed by atoms with Crippen LogP contribution >= 0.6 is 0 Å². The molecule has 172 valence electrons. The standard InChI is InChI=1S/C22H25F2N3O4S/c1-14-6-3-4-11-27(14)32(30,31)17-8-5-7-16(12-17)21(28)26-20(22(29)25-2)15-9-10-18(23)19(24)13-15/h5,7-10,12-14,20H,3-4,6,11H2,1-2H3,(H,25,29)(H,26,28). The van der Waals surface area contributed by atoms with Crippen LogP contribution in [-0.4, -0.2) is 44.2 Å². The average Bonchev–Trinajstić information content (AvgIpc) is 2.79. The minimum absolute atomic E-state index is 0.0206. The normalized spacial score (nSPS) is 18.1. The third kappa shape index (κ3) is 4.97. The summed E-state index contributed by atoms with van der Waals surface area (Å²) < 4.78 is 54.6. The summed E-state index contributed by atoms with van der Waals surface area (Å²) in [5.74, 6) is -3.61. The van der Waals surface area contributed by atoms with E-state index in [1.165, 1.54) is 41.7 Å². The van der Waals surface area contributed by atoms with Gasteiger partial charge in [0.15, 0.2) is 11.6 Å². The minimum Gasteiger partial charge on any atom is -0.357 e. The van der Waals surface area contributed by atoms with Crippen LogP contribution in [-0.2, 0) is 14.8 Å². The van der Waals surface area contributed by atoms with Crippen LogP contribution in [0.1, 0.15) is 48.1 Å². The Balaban J connectivity index is 1.88. The van der Waals surface area contributed by atoms with Gasteiger partial charge in [-0.1, -0.05) is 18.6 Å². The Morgan fingerprint density at radius 3 is 2.50 bits per heavy atom. The number of amides is 2. The number of hydrogen-bond acceptors (Lipinski definition) is 4. The van der Waals surface area contributed by atoms with Gasteiger partial charge in [0.05, 0.1) is 4.90 Å². The molecule has 0 radical (unpaired) electrons. The number of nitrogens with zero attached hydrogens (tertiary/aromatic N) is 1. The van der Waals surface area contributed by atoms with Crippen molar-refractivity contribution >= 4 is 21.8 Å². The van der Waals surface area contributed by atoms with Gasteiger partial charge in [0.2, 0.25) is 15.9 Å². The Morgan fingerprint density at radius 2 is 1.84 bits per heavy atom. The van der Waals surface area contributed by atoms with Crippen molar-refractivity contribution in [3.8, 4) is 0 Å². The molecule has 1 fully saturated rings. The summed E-state index contributed by atoms with van der Waals surface area (Å²) in [6.45, 7) is 2.26. The molecule has 1 aliphatic rings. The second-order valence-electron chi connectivity index (χ2n) is 7.68. The SMILES string of the molecule is CNC(=O)C(NC(=O)c1cccc(S(=O)(=O)N2CCCCC2C)c1)c1ccc(F)c(F)c1. The predicted octanol–water partition coefficient (Wildman–Crippen LogP) is 2.75. The molecule has 0 saturated carbocycles. The van der Waals surface area contributed by atoms with Crippen molar-refractivity contribution in [2.75, 3.05) is 13.6 Å². The summed E-state index contributed by atoms with van der Waals surface area (Å²) in [6, 6.07) is 6.97. The number of hydrogen-bond donors (Lipinski definition) is 2. The molecule has 0 bridgehead atoms. The molecule has 32 heavy (non-hydrogen) atoms. The fourth-order valence-electron chi connectivity index (χ4n) is 3.71. The van der Waals surface area contributed by atoms with Crippen LogP contribution in [0.4, 0.5) is 8.78 Å². The van der Waals surface area contributed by atoms with Crippen molar-refractivity contribution in [2.45, 2.75) is 43.2 Å². The Morgan fingerprint density at radius 1 is 1.09 bits per heavy atom. The van der Waals surface area contributed by atoms with Crippen molar-refractivity contribution in [3.05, 3.63) is 65.2 Å². The Labute approximate surface area is 185 Å². The number of sulfonamides is 1. The second kappa shape index (κ2) is 9.74. The first-order chi connectivity index (χ1) is 15.1. The van der Waals surface area contributed by atoms with Crippen LogP contribution in [0.25, 0.3) is 0 Å².